The van der Waals surface area contributed by atoms with E-state index < -0.39 is 17.9 Å². The van der Waals surface area contributed by atoms with Gasteiger partial charge in [0.1, 0.15) is 0 Å². The van der Waals surface area contributed by atoms with Crippen LogP contribution in [0.5, 0.6) is 0 Å². The first-order valence-corrected chi connectivity index (χ1v) is 3.75. The number of hydrogen-bond acceptors (Lipinski definition) is 5. The fraction of sp³-hybridized carbons (Fsp3) is 0.571. The number of carboxylic acids is 1. The minimum atomic E-state index is -0.952. The lowest BCUT2D eigenvalue weighted by molar-refractivity contribution is -0.167. The van der Waals surface area contributed by atoms with Gasteiger partial charge in [-0.25, -0.2) is 0 Å². The molecule has 0 saturated carbocycles. The maximum atomic E-state index is 10.7. The number of aliphatic carboxylic acids is 1. The van der Waals surface area contributed by atoms with Gasteiger partial charge in [0.05, 0.1) is 19.5 Å². The van der Waals surface area contributed by atoms with Gasteiger partial charge in [0.15, 0.2) is 0 Å². The Balaban J connectivity index is 2.37. The van der Waals surface area contributed by atoms with E-state index in [9.17, 15) is 14.4 Å². The first-order valence-electron chi connectivity index (χ1n) is 3.75. The van der Waals surface area contributed by atoms with E-state index in [2.05, 4.69) is 4.74 Å². The van der Waals surface area contributed by atoms with Crippen LogP contribution in [-0.2, 0) is 19.1 Å². The van der Waals surface area contributed by atoms with Gasteiger partial charge in [-0.1, -0.05) is 0 Å². The van der Waals surface area contributed by atoms with Gasteiger partial charge < -0.3 is 9.84 Å². The van der Waals surface area contributed by atoms with Gasteiger partial charge in [-0.05, 0) is 0 Å². The molecule has 1 fully saturated rings. The highest BCUT2D eigenvalue weighted by molar-refractivity contribution is 5.90. The van der Waals surface area contributed by atoms with Crippen molar-refractivity contribution < 1.29 is 24.2 Å². The third-order valence-electron chi connectivity index (χ3n) is 1.57. The normalized spacial score (nSPS) is 18.5. The first-order chi connectivity index (χ1) is 6.08. The van der Waals surface area contributed by atoms with Gasteiger partial charge in [0.25, 0.3) is 0 Å². The topological polar surface area (TPSA) is 83.9 Å². The fourth-order valence-electron chi connectivity index (χ4n) is 1.02. The standard InChI is InChI=1S/C7H9NO5/c9-5(10)1-2-8-3-6(11)13-7(12)4-8/h1-4H2,(H,9,10). The summed E-state index contributed by atoms with van der Waals surface area (Å²) >= 11 is 0. The third kappa shape index (κ3) is 3.20. The van der Waals surface area contributed by atoms with E-state index in [1.807, 2.05) is 0 Å². The Bertz CT molecular complexity index is 233. The van der Waals surface area contributed by atoms with Crippen LogP contribution in [0, 0.1) is 0 Å². The molecule has 0 spiro atoms. The number of morpholine rings is 1. The summed E-state index contributed by atoms with van der Waals surface area (Å²) in [5.41, 5.74) is 0. The molecule has 1 aliphatic rings. The number of cyclic esters (lactones) is 2. The molecule has 0 amide bonds. The molecule has 6 nitrogen and oxygen atoms in total. The van der Waals surface area contributed by atoms with Gasteiger partial charge in [-0.15, -0.1) is 0 Å². The SMILES string of the molecule is O=C(O)CCN1CC(=O)OC(=O)C1. The van der Waals surface area contributed by atoms with Crippen LogP contribution in [-0.4, -0.2) is 47.5 Å². The molecular weight excluding hydrogens is 178 g/mol. The Morgan fingerprint density at radius 3 is 2.38 bits per heavy atom. The van der Waals surface area contributed by atoms with E-state index >= 15 is 0 Å². The number of ether oxygens (including phenoxy) is 1. The second-order valence-electron chi connectivity index (χ2n) is 2.70. The second kappa shape index (κ2) is 3.99. The monoisotopic (exact) mass is 187 g/mol. The number of carbonyl (C=O) groups excluding carboxylic acids is 2. The number of hydrogen-bond donors (Lipinski definition) is 1. The van der Waals surface area contributed by atoms with Gasteiger partial charge >= 0.3 is 17.9 Å². The lowest BCUT2D eigenvalue weighted by Gasteiger charge is -2.22. The van der Waals surface area contributed by atoms with E-state index in [1.165, 1.54) is 4.90 Å². The van der Waals surface area contributed by atoms with E-state index in [0.717, 1.165) is 0 Å². The summed E-state index contributed by atoms with van der Waals surface area (Å²) in [6.45, 7) is 0.161. The Hall–Kier alpha value is -1.43. The molecule has 0 aromatic heterocycles. The molecule has 0 aromatic carbocycles. The van der Waals surface area contributed by atoms with Gasteiger partial charge in [0.2, 0.25) is 0 Å². The van der Waals surface area contributed by atoms with E-state index in [1.54, 1.807) is 0 Å². The van der Waals surface area contributed by atoms with Crippen LogP contribution in [0.25, 0.3) is 0 Å². The highest BCUT2D eigenvalue weighted by Crippen LogP contribution is 2.00. The number of carboxylic acid groups (broad SMARTS) is 1. The van der Waals surface area contributed by atoms with Crippen molar-refractivity contribution in [1.29, 1.82) is 0 Å². The Morgan fingerprint density at radius 1 is 1.38 bits per heavy atom. The molecule has 1 N–H and O–H groups in total. The third-order valence-corrected chi connectivity index (χ3v) is 1.57. The van der Waals surface area contributed by atoms with Gasteiger partial charge in [0, 0.05) is 6.54 Å². The van der Waals surface area contributed by atoms with Crippen molar-refractivity contribution in [2.24, 2.45) is 0 Å². The van der Waals surface area contributed by atoms with Gasteiger partial charge in [-0.2, -0.15) is 0 Å². The van der Waals surface area contributed by atoms with Crippen LogP contribution in [0.1, 0.15) is 6.42 Å². The lowest BCUT2D eigenvalue weighted by atomic mass is 10.3. The number of rotatable bonds is 3. The molecule has 1 aliphatic heterocycles. The summed E-state index contributed by atoms with van der Waals surface area (Å²) in [5, 5.41) is 8.35. The Kier molecular flexibility index (Phi) is 2.97. The average Bonchev–Trinajstić information content (AvgIpc) is 1.99. The maximum absolute atomic E-state index is 10.7. The lowest BCUT2D eigenvalue weighted by Crippen LogP contribution is -2.43. The molecule has 1 saturated heterocycles. The summed E-state index contributed by atoms with van der Waals surface area (Å²) in [4.78, 5) is 33.0. The minimum Gasteiger partial charge on any atom is -0.481 e. The predicted molar refractivity (Wildman–Crippen MR) is 39.8 cm³/mol. The van der Waals surface area contributed by atoms with Crippen LogP contribution in [0.2, 0.25) is 0 Å². The van der Waals surface area contributed by atoms with Crippen LogP contribution >= 0.6 is 0 Å². The molecule has 0 aliphatic carbocycles. The summed E-state index contributed by atoms with van der Waals surface area (Å²) in [6, 6.07) is 0. The summed E-state index contributed by atoms with van der Waals surface area (Å²) in [5.74, 6) is -2.20. The molecule has 72 valence electrons. The number of carbonyl (C=O) groups is 3. The molecule has 1 heterocycles. The van der Waals surface area contributed by atoms with Crippen LogP contribution in [0.4, 0.5) is 0 Å². The second-order valence-corrected chi connectivity index (χ2v) is 2.70. The highest BCUT2D eigenvalue weighted by Gasteiger charge is 2.24. The van der Waals surface area contributed by atoms with Crippen LogP contribution < -0.4 is 0 Å². The largest absolute Gasteiger partial charge is 0.481 e. The molecule has 1 rings (SSSR count). The Morgan fingerprint density at radius 2 is 1.92 bits per heavy atom. The van der Waals surface area contributed by atoms with Crippen molar-refractivity contribution in [2.75, 3.05) is 19.6 Å². The van der Waals surface area contributed by atoms with E-state index in [0.29, 0.717) is 0 Å². The molecule has 13 heavy (non-hydrogen) atoms. The maximum Gasteiger partial charge on any atom is 0.327 e. The van der Waals surface area contributed by atoms with Crippen LogP contribution in [0.15, 0.2) is 0 Å². The molecule has 6 heteroatoms. The van der Waals surface area contributed by atoms with E-state index in [4.69, 9.17) is 5.11 Å². The summed E-state index contributed by atoms with van der Waals surface area (Å²) < 4.78 is 4.26. The smallest absolute Gasteiger partial charge is 0.327 e. The molecule has 0 aromatic rings. The fourth-order valence-corrected chi connectivity index (χ4v) is 1.02. The molecule has 0 atom stereocenters. The van der Waals surface area contributed by atoms with Crippen molar-refractivity contribution in [1.82, 2.24) is 4.90 Å². The van der Waals surface area contributed by atoms with Crippen LogP contribution in [0.3, 0.4) is 0 Å². The highest BCUT2D eigenvalue weighted by atomic mass is 16.6. The zero-order valence-electron chi connectivity index (χ0n) is 6.86. The summed E-state index contributed by atoms with van der Waals surface area (Å²) in [7, 11) is 0. The van der Waals surface area contributed by atoms with Crippen molar-refractivity contribution in [2.45, 2.75) is 6.42 Å². The molecule has 0 radical (unpaired) electrons. The van der Waals surface area contributed by atoms with Crippen molar-refractivity contribution in [3.05, 3.63) is 0 Å². The van der Waals surface area contributed by atoms with Crippen molar-refractivity contribution in [3.8, 4) is 0 Å². The number of nitrogens with zero attached hydrogens (tertiary/aromatic N) is 1. The van der Waals surface area contributed by atoms with Crippen molar-refractivity contribution in [3.63, 3.8) is 0 Å². The zero-order valence-corrected chi connectivity index (χ0v) is 6.86. The van der Waals surface area contributed by atoms with Crippen molar-refractivity contribution >= 4 is 17.9 Å². The van der Waals surface area contributed by atoms with Gasteiger partial charge in [-0.3, -0.25) is 19.3 Å². The zero-order chi connectivity index (χ0) is 9.84. The predicted octanol–water partition coefficient (Wildman–Crippen LogP) is -1.15. The average molecular weight is 187 g/mol. The first kappa shape index (κ1) is 9.66. The summed E-state index contributed by atoms with van der Waals surface area (Å²) in [6.07, 6.45) is -0.0828. The van der Waals surface area contributed by atoms with E-state index in [-0.39, 0.29) is 26.1 Å². The quantitative estimate of drug-likeness (QED) is 0.443. The minimum absolute atomic E-state index is 0.0149. The Labute approximate surface area is 74.1 Å². The number of esters is 2. The molecule has 0 bridgehead atoms. The molecular formula is C7H9NO5. The molecule has 0 unspecified atom stereocenters.